The minimum Gasteiger partial charge on any atom is -1.00 e. The third-order valence-corrected chi connectivity index (χ3v) is 18.6. The van der Waals surface area contributed by atoms with E-state index in [1.165, 1.54) is 205 Å². The maximum atomic E-state index is 15.5. The minimum atomic E-state index is -1.50. The Morgan fingerprint density at radius 3 is 0.810 bits per heavy atom. The fourth-order valence-corrected chi connectivity index (χ4v) is 13.8. The van der Waals surface area contributed by atoms with Crippen molar-refractivity contribution in [1.82, 2.24) is 0 Å². The van der Waals surface area contributed by atoms with Crippen LogP contribution in [0.1, 0.15) is 269 Å². The van der Waals surface area contributed by atoms with Crippen LogP contribution in [-0.2, 0) is 13.1 Å². The Balaban J connectivity index is 0.0000113. The van der Waals surface area contributed by atoms with E-state index in [9.17, 15) is 8.78 Å². The molecule has 1 aliphatic rings. The second-order valence-corrected chi connectivity index (χ2v) is 25.3. The van der Waals surface area contributed by atoms with Gasteiger partial charge in [-0.15, -0.1) is 0 Å². The molecule has 1 aliphatic heterocycles. The zero-order chi connectivity index (χ0) is 58.5. The smallest absolute Gasteiger partial charge is 0.194 e. The molecule has 0 atom stereocenters. The van der Waals surface area contributed by atoms with Gasteiger partial charge in [-0.2, -0.15) is 0 Å². The van der Waals surface area contributed by atoms with E-state index in [-0.39, 0.29) is 28.1 Å². The van der Waals surface area contributed by atoms with Crippen LogP contribution in [0.15, 0.2) is 84.9 Å². The second-order valence-electron chi connectivity index (χ2n) is 25.3. The summed E-state index contributed by atoms with van der Waals surface area (Å²) in [7, 11) is 0. The Morgan fingerprint density at radius 2 is 0.548 bits per heavy atom. The van der Waals surface area contributed by atoms with Crippen LogP contribution in [0.2, 0.25) is 0 Å². The first-order valence-corrected chi connectivity index (χ1v) is 33.9. The third-order valence-electron chi connectivity index (χ3n) is 18.6. The summed E-state index contributed by atoms with van der Waals surface area (Å²) in [6.07, 6.45) is 49.2. The van der Waals surface area contributed by atoms with Crippen LogP contribution in [0.4, 0.5) is 26.3 Å². The van der Waals surface area contributed by atoms with Crippen molar-refractivity contribution in [3.8, 4) is 33.4 Å². The zero-order valence-electron chi connectivity index (χ0n) is 51.9. The average Bonchev–Trinajstić information content (AvgIpc) is 1.57. The molecule has 0 aromatic heterocycles. The molecule has 7 rings (SSSR count). The number of fused-ring (bicyclic) bond motifs is 7. The normalized spacial score (nSPS) is 12.9. The number of rotatable bonds is 42. The van der Waals surface area contributed by atoms with E-state index in [1.807, 2.05) is 48.5 Å². The number of hydrogen-bond acceptors (Lipinski definition) is 0. The lowest BCUT2D eigenvalue weighted by Gasteiger charge is -2.39. The quantitative estimate of drug-likeness (QED) is 0.0155. The third kappa shape index (κ3) is 21.0. The van der Waals surface area contributed by atoms with Gasteiger partial charge in [0, 0.05) is 22.3 Å². The van der Waals surface area contributed by atoms with Crippen LogP contribution in [0.5, 0.6) is 0 Å². The van der Waals surface area contributed by atoms with Gasteiger partial charge in [-0.3, -0.25) is 0 Å². The van der Waals surface area contributed by atoms with Crippen molar-refractivity contribution >= 4 is 21.5 Å². The molecule has 8 heteroatoms. The summed E-state index contributed by atoms with van der Waals surface area (Å²) in [5, 5.41) is 3.59. The summed E-state index contributed by atoms with van der Waals surface area (Å²) in [5.41, 5.74) is 5.45. The molecule has 0 N–H and O–H groups in total. The van der Waals surface area contributed by atoms with E-state index < -0.39 is 34.9 Å². The number of nitrogens with zero attached hydrogens (tertiary/aromatic N) is 1. The zero-order valence-corrected chi connectivity index (χ0v) is 53.5. The molecule has 0 amide bonds. The van der Waals surface area contributed by atoms with Gasteiger partial charge in [-0.1, -0.05) is 281 Å². The molecule has 6 aromatic carbocycles. The summed E-state index contributed by atoms with van der Waals surface area (Å²) in [6.45, 7) is 7.27. The van der Waals surface area contributed by atoms with Gasteiger partial charge in [-0.25, -0.2) is 26.3 Å². The van der Waals surface area contributed by atoms with Gasteiger partial charge in [0.05, 0.1) is 13.1 Å². The molecular formula is C76H104BrF6N. The maximum Gasteiger partial charge on any atom is 0.194 e. The fourth-order valence-electron chi connectivity index (χ4n) is 13.8. The fraction of sp³-hybridized carbons (Fsp3) is 0.579. The van der Waals surface area contributed by atoms with Crippen molar-refractivity contribution < 1.29 is 47.8 Å². The van der Waals surface area contributed by atoms with Crippen LogP contribution in [-0.4, -0.2) is 17.6 Å². The summed E-state index contributed by atoms with van der Waals surface area (Å²) in [6, 6.07) is 24.6. The predicted molar refractivity (Wildman–Crippen MR) is 342 cm³/mol. The number of hydrogen-bond donors (Lipinski definition) is 0. The number of halogens is 7. The highest BCUT2D eigenvalue weighted by Crippen LogP contribution is 2.50. The minimum absolute atomic E-state index is 0. The molecule has 0 bridgehead atoms. The lowest BCUT2D eigenvalue weighted by molar-refractivity contribution is -0.953. The standard InChI is InChI=1S/C76H104F6N.BrH/c1-3-5-7-9-11-13-15-17-19-21-23-25-27-29-31-33-35-37-43-49-83(50-44-38-36-34-32-30-28-26-24-22-20-18-16-14-12-10-8-6-4-2)57-67-65(61-53-69(77)75(81)70(78)54-61)51-59-45-39-41-47-63(59)73(67)74-64-48-42-40-46-60(64)52-66(68(74)58-83)62-55-71(79)76(82)72(80)56-62;/h39-42,45-48,51-56H,3-38,43-44,49-50,57-58H2,1-2H3;1H/q+1;/p-1. The molecule has 1 heterocycles. The Morgan fingerprint density at radius 1 is 0.310 bits per heavy atom. The van der Waals surface area contributed by atoms with Crippen LogP contribution >= 0.6 is 0 Å². The molecule has 84 heavy (non-hydrogen) atoms. The van der Waals surface area contributed by atoms with E-state index in [4.69, 9.17) is 0 Å². The lowest BCUT2D eigenvalue weighted by atomic mass is 9.82. The van der Waals surface area contributed by atoms with Gasteiger partial charge >= 0.3 is 0 Å². The molecule has 0 spiro atoms. The van der Waals surface area contributed by atoms with Gasteiger partial charge in [0.15, 0.2) is 34.9 Å². The van der Waals surface area contributed by atoms with Gasteiger partial charge < -0.3 is 21.5 Å². The van der Waals surface area contributed by atoms with E-state index >= 15 is 17.6 Å². The molecule has 462 valence electrons. The highest BCUT2D eigenvalue weighted by Gasteiger charge is 2.38. The highest BCUT2D eigenvalue weighted by molar-refractivity contribution is 6.12. The van der Waals surface area contributed by atoms with E-state index in [0.717, 1.165) is 120 Å². The molecule has 0 fully saturated rings. The first kappa shape index (κ1) is 69.0. The molecular weight excluding hydrogens is 1120 g/mol. The molecule has 0 aliphatic carbocycles. The Labute approximate surface area is 514 Å². The maximum absolute atomic E-state index is 15.5. The Hall–Kier alpha value is -4.14. The molecule has 1 nitrogen and oxygen atoms in total. The van der Waals surface area contributed by atoms with Gasteiger partial charge in [0.2, 0.25) is 0 Å². The van der Waals surface area contributed by atoms with Crippen molar-refractivity contribution in [2.24, 2.45) is 0 Å². The highest BCUT2D eigenvalue weighted by atomic mass is 79.9. The van der Waals surface area contributed by atoms with Gasteiger partial charge in [0.1, 0.15) is 13.1 Å². The summed E-state index contributed by atoms with van der Waals surface area (Å²) < 4.78 is 92.4. The first-order chi connectivity index (χ1) is 40.6. The molecule has 0 radical (unpaired) electrons. The van der Waals surface area contributed by atoms with Crippen LogP contribution in [0.25, 0.3) is 54.9 Å². The number of quaternary nitrogens is 1. The van der Waals surface area contributed by atoms with E-state index in [2.05, 4.69) is 26.0 Å². The summed E-state index contributed by atoms with van der Waals surface area (Å²) in [5.74, 6) is -7.97. The predicted octanol–water partition coefficient (Wildman–Crippen LogP) is 22.5. The lowest BCUT2D eigenvalue weighted by Crippen LogP contribution is -3.00. The van der Waals surface area contributed by atoms with Crippen LogP contribution < -0.4 is 17.0 Å². The van der Waals surface area contributed by atoms with E-state index in [1.54, 1.807) is 0 Å². The van der Waals surface area contributed by atoms with Crippen LogP contribution in [0, 0.1) is 34.9 Å². The SMILES string of the molecule is CCCCCCCCCCCCCCCCCCCCC[N+]1(CCCCCCCCCCCCCCCCCCCCC)Cc2c(-c3cc(F)c(F)c(F)c3)cc3ccccc3c2-c2c(c(-c3cc(F)c(F)c(F)c3)cc3ccccc23)C1.[Br-]. The second kappa shape index (κ2) is 38.2. The van der Waals surface area contributed by atoms with E-state index in [0.29, 0.717) is 28.7 Å². The Kier molecular flexibility index (Phi) is 31.4. The van der Waals surface area contributed by atoms with Crippen molar-refractivity contribution in [2.45, 2.75) is 271 Å². The average molecular weight is 1230 g/mol. The molecule has 0 saturated heterocycles. The first-order valence-electron chi connectivity index (χ1n) is 33.9. The molecule has 0 saturated carbocycles. The van der Waals surface area contributed by atoms with Gasteiger partial charge in [0.25, 0.3) is 0 Å². The molecule has 6 aromatic rings. The largest absolute Gasteiger partial charge is 1.00 e. The van der Waals surface area contributed by atoms with Gasteiger partial charge in [-0.05, 0) is 106 Å². The van der Waals surface area contributed by atoms with Crippen LogP contribution in [0.3, 0.4) is 0 Å². The topological polar surface area (TPSA) is 0 Å². The monoisotopic (exact) mass is 1220 g/mol. The number of benzene rings is 6. The Bertz CT molecular complexity index is 2620. The van der Waals surface area contributed by atoms with Crippen molar-refractivity contribution in [1.29, 1.82) is 0 Å². The summed E-state index contributed by atoms with van der Waals surface area (Å²) >= 11 is 0. The van der Waals surface area contributed by atoms with Crippen molar-refractivity contribution in [2.75, 3.05) is 13.1 Å². The molecule has 0 unspecified atom stereocenters. The summed E-state index contributed by atoms with van der Waals surface area (Å²) in [4.78, 5) is 0. The van der Waals surface area contributed by atoms with Crippen molar-refractivity contribution in [3.05, 3.63) is 131 Å². The van der Waals surface area contributed by atoms with Crippen molar-refractivity contribution in [3.63, 3.8) is 0 Å². The number of unbranched alkanes of at least 4 members (excludes halogenated alkanes) is 36.